The average molecular weight is 385 g/mol. The zero-order valence-corrected chi connectivity index (χ0v) is 15.4. The first-order valence-corrected chi connectivity index (χ1v) is 9.50. The van der Waals surface area contributed by atoms with Crippen molar-refractivity contribution in [1.29, 1.82) is 0 Å². The van der Waals surface area contributed by atoms with Crippen LogP contribution in [0.2, 0.25) is 5.02 Å². The molecule has 0 aliphatic heterocycles. The summed E-state index contributed by atoms with van der Waals surface area (Å²) < 4.78 is 23.3. The Balaban J connectivity index is 2.40. The van der Waals surface area contributed by atoms with E-state index in [2.05, 4.69) is 20.7 Å². The molecule has 1 aromatic heterocycles. The van der Waals surface area contributed by atoms with Gasteiger partial charge in [-0.15, -0.1) is 0 Å². The molecule has 2 rings (SSSR count). The molecule has 2 aromatic rings. The third kappa shape index (κ3) is 5.04. The van der Waals surface area contributed by atoms with E-state index in [-0.39, 0.29) is 21.7 Å². The van der Waals surface area contributed by atoms with E-state index in [1.165, 1.54) is 18.2 Å². The van der Waals surface area contributed by atoms with E-state index in [0.717, 1.165) is 6.26 Å². The smallest absolute Gasteiger partial charge is 0.279 e. The summed E-state index contributed by atoms with van der Waals surface area (Å²) in [7, 11) is -3.48. The van der Waals surface area contributed by atoms with Crippen LogP contribution in [-0.2, 0) is 19.5 Å². The molecule has 0 aliphatic rings. The van der Waals surface area contributed by atoms with E-state index in [1.807, 2.05) is 0 Å². The van der Waals surface area contributed by atoms with Crippen molar-refractivity contribution in [2.45, 2.75) is 24.8 Å². The maximum absolute atomic E-state index is 12.5. The number of aromatic nitrogens is 2. The summed E-state index contributed by atoms with van der Waals surface area (Å²) in [6.45, 7) is 3.51. The molecule has 0 aliphatic carbocycles. The Morgan fingerprint density at radius 3 is 2.60 bits per heavy atom. The van der Waals surface area contributed by atoms with E-state index >= 15 is 0 Å². The van der Waals surface area contributed by atoms with Crippen LogP contribution < -0.4 is 5.32 Å². The molecule has 0 atom stereocenters. The molecule has 0 saturated heterocycles. The van der Waals surface area contributed by atoms with E-state index < -0.39 is 15.7 Å². The minimum atomic E-state index is -3.48. The van der Waals surface area contributed by atoms with Crippen LogP contribution in [-0.4, -0.2) is 42.6 Å². The number of aromatic amines is 1. The molecular weight excluding hydrogens is 368 g/mol. The number of hydrogen-bond donors (Lipinski definition) is 2. The van der Waals surface area contributed by atoms with Crippen LogP contribution in [0.5, 0.6) is 0 Å². The summed E-state index contributed by atoms with van der Waals surface area (Å²) in [5, 5.41) is 12.8. The molecule has 0 radical (unpaired) electrons. The van der Waals surface area contributed by atoms with Gasteiger partial charge in [-0.3, -0.25) is 9.89 Å². The number of carbonyl (C=O) groups is 1. The van der Waals surface area contributed by atoms with Gasteiger partial charge in [-0.1, -0.05) is 22.8 Å². The summed E-state index contributed by atoms with van der Waals surface area (Å²) in [5.74, 6) is -0.267. The van der Waals surface area contributed by atoms with Crippen molar-refractivity contribution in [2.75, 3.05) is 11.6 Å². The summed E-state index contributed by atoms with van der Waals surface area (Å²) in [4.78, 5) is 17.6. The maximum Gasteiger partial charge on any atom is 0.279 e. The number of oxime groups is 1. The molecule has 0 spiro atoms. The van der Waals surface area contributed by atoms with E-state index in [1.54, 1.807) is 26.1 Å². The molecule has 8 nitrogen and oxygen atoms in total. The second-order valence-corrected chi connectivity index (χ2v) is 7.82. The Labute approximate surface area is 150 Å². The molecule has 1 amide bonds. The summed E-state index contributed by atoms with van der Waals surface area (Å²) >= 11 is 6.04. The first-order valence-electron chi connectivity index (χ1n) is 7.23. The predicted octanol–water partition coefficient (Wildman–Crippen LogP) is 2.23. The molecule has 0 unspecified atom stereocenters. The third-order valence-corrected chi connectivity index (χ3v) is 4.50. The molecule has 2 N–H and O–H groups in total. The van der Waals surface area contributed by atoms with Gasteiger partial charge in [0, 0.05) is 24.1 Å². The van der Waals surface area contributed by atoms with Crippen LogP contribution >= 0.6 is 11.6 Å². The van der Waals surface area contributed by atoms with Gasteiger partial charge in [-0.05, 0) is 26.0 Å². The lowest BCUT2D eigenvalue weighted by Crippen LogP contribution is -2.25. The number of nitrogens with zero attached hydrogens (tertiary/aromatic N) is 2. The zero-order chi connectivity index (χ0) is 18.6. The second-order valence-electron chi connectivity index (χ2n) is 5.43. The lowest BCUT2D eigenvalue weighted by Gasteiger charge is -2.10. The van der Waals surface area contributed by atoms with Crippen molar-refractivity contribution < 1.29 is 18.0 Å². The van der Waals surface area contributed by atoms with Gasteiger partial charge < -0.3 is 10.2 Å². The lowest BCUT2D eigenvalue weighted by molar-refractivity contribution is -0.110. The fraction of sp³-hybridized carbons (Fsp3) is 0.267. The SMILES string of the molecule is CC(C)O/N=C(/C(=O)Nc1cc[nH]n1)c1ccc(S(C)(=O)=O)c(Cl)c1. The van der Waals surface area contributed by atoms with Crippen molar-refractivity contribution in [2.24, 2.45) is 5.16 Å². The Morgan fingerprint density at radius 2 is 2.08 bits per heavy atom. The number of benzene rings is 1. The van der Waals surface area contributed by atoms with Gasteiger partial charge in [-0.25, -0.2) is 8.42 Å². The number of carbonyl (C=O) groups excluding carboxylic acids is 1. The Kier molecular flexibility index (Phi) is 5.81. The zero-order valence-electron chi connectivity index (χ0n) is 13.8. The lowest BCUT2D eigenvalue weighted by atomic mass is 10.1. The van der Waals surface area contributed by atoms with Gasteiger partial charge in [0.1, 0.15) is 6.10 Å². The van der Waals surface area contributed by atoms with E-state index in [4.69, 9.17) is 16.4 Å². The Bertz CT molecular complexity index is 892. The number of H-pyrrole nitrogens is 1. The van der Waals surface area contributed by atoms with Crippen LogP contribution in [0.25, 0.3) is 0 Å². The monoisotopic (exact) mass is 384 g/mol. The molecule has 1 aromatic carbocycles. The van der Waals surface area contributed by atoms with Crippen LogP contribution in [0, 0.1) is 0 Å². The van der Waals surface area contributed by atoms with Crippen molar-refractivity contribution >= 4 is 38.9 Å². The van der Waals surface area contributed by atoms with Crippen LogP contribution in [0.1, 0.15) is 19.4 Å². The van der Waals surface area contributed by atoms with Gasteiger partial charge in [0.25, 0.3) is 5.91 Å². The van der Waals surface area contributed by atoms with Crippen molar-refractivity contribution in [3.63, 3.8) is 0 Å². The number of amides is 1. The van der Waals surface area contributed by atoms with Crippen molar-refractivity contribution in [1.82, 2.24) is 10.2 Å². The molecule has 134 valence electrons. The van der Waals surface area contributed by atoms with Gasteiger partial charge in [0.2, 0.25) is 0 Å². The first kappa shape index (κ1) is 18.9. The summed E-state index contributed by atoms with van der Waals surface area (Å²) in [5.41, 5.74) is 0.254. The third-order valence-electron chi connectivity index (χ3n) is 2.92. The van der Waals surface area contributed by atoms with Crippen molar-refractivity contribution in [3.8, 4) is 0 Å². The minimum absolute atomic E-state index is 0.00943. The number of nitrogens with one attached hydrogen (secondary N) is 2. The fourth-order valence-electron chi connectivity index (χ4n) is 1.84. The minimum Gasteiger partial charge on any atom is -0.392 e. The van der Waals surface area contributed by atoms with Crippen LogP contribution in [0.3, 0.4) is 0 Å². The molecule has 0 fully saturated rings. The standard InChI is InChI=1S/C15H17ClN4O4S/c1-9(2)24-20-14(15(21)18-13-6-7-17-19-13)10-4-5-12(11(16)8-10)25(3,22)23/h4-9H,1-3H3,(H2,17,18,19,21)/b20-14+. The Morgan fingerprint density at radius 1 is 1.36 bits per heavy atom. The highest BCUT2D eigenvalue weighted by atomic mass is 35.5. The highest BCUT2D eigenvalue weighted by Gasteiger charge is 2.20. The molecule has 25 heavy (non-hydrogen) atoms. The normalized spacial score (nSPS) is 12.3. The van der Waals surface area contributed by atoms with Gasteiger partial charge in [0.15, 0.2) is 21.4 Å². The number of sulfone groups is 1. The highest BCUT2D eigenvalue weighted by Crippen LogP contribution is 2.23. The molecule has 10 heteroatoms. The van der Waals surface area contributed by atoms with Crippen LogP contribution in [0.4, 0.5) is 5.82 Å². The summed E-state index contributed by atoms with van der Waals surface area (Å²) in [6, 6.07) is 5.68. The quantitative estimate of drug-likeness (QED) is 0.585. The number of rotatable bonds is 6. The fourth-order valence-corrected chi connectivity index (χ4v) is 3.17. The van der Waals surface area contributed by atoms with Crippen molar-refractivity contribution in [3.05, 3.63) is 41.0 Å². The average Bonchev–Trinajstić information content (AvgIpc) is 2.98. The largest absolute Gasteiger partial charge is 0.392 e. The van der Waals surface area contributed by atoms with E-state index in [9.17, 15) is 13.2 Å². The number of anilines is 1. The van der Waals surface area contributed by atoms with E-state index in [0.29, 0.717) is 11.4 Å². The van der Waals surface area contributed by atoms with Gasteiger partial charge in [-0.2, -0.15) is 5.10 Å². The van der Waals surface area contributed by atoms with Crippen LogP contribution in [0.15, 0.2) is 40.5 Å². The summed E-state index contributed by atoms with van der Waals surface area (Å²) in [6.07, 6.45) is 2.35. The molecular formula is C15H17ClN4O4S. The number of hydrogen-bond acceptors (Lipinski definition) is 6. The predicted molar refractivity (Wildman–Crippen MR) is 94.5 cm³/mol. The van der Waals surface area contributed by atoms with Gasteiger partial charge >= 0.3 is 0 Å². The second kappa shape index (κ2) is 7.66. The topological polar surface area (TPSA) is 114 Å². The molecule has 0 bridgehead atoms. The molecule has 0 saturated carbocycles. The highest BCUT2D eigenvalue weighted by molar-refractivity contribution is 7.90. The first-order chi connectivity index (χ1) is 11.7. The van der Waals surface area contributed by atoms with Gasteiger partial charge in [0.05, 0.1) is 9.92 Å². The Hall–Kier alpha value is -2.39. The maximum atomic E-state index is 12.5. The molecule has 1 heterocycles. The number of halogens is 1.